The maximum atomic E-state index is 11.9. The van der Waals surface area contributed by atoms with Crippen LogP contribution in [0.3, 0.4) is 0 Å². The highest BCUT2D eigenvalue weighted by Gasteiger charge is 2.30. The highest BCUT2D eigenvalue weighted by atomic mass is 16.4. The number of carbonyl (C=O) groups is 2. The summed E-state index contributed by atoms with van der Waals surface area (Å²) >= 11 is 0. The summed E-state index contributed by atoms with van der Waals surface area (Å²) in [6.07, 6.45) is 8.15. The van der Waals surface area contributed by atoms with Crippen LogP contribution >= 0.6 is 0 Å². The SMILES string of the molecule is CCCCC(C)NC(=O)NC(C(=O)O)C1CCCCC1. The van der Waals surface area contributed by atoms with Crippen LogP contribution in [0, 0.1) is 5.92 Å². The molecule has 0 aromatic heterocycles. The first-order chi connectivity index (χ1) is 9.54. The fourth-order valence-corrected chi connectivity index (χ4v) is 2.84. The molecular weight excluding hydrogens is 256 g/mol. The number of nitrogens with one attached hydrogen (secondary N) is 2. The van der Waals surface area contributed by atoms with Gasteiger partial charge in [0.1, 0.15) is 6.04 Å². The van der Waals surface area contributed by atoms with Crippen molar-refractivity contribution in [2.75, 3.05) is 0 Å². The number of aliphatic carboxylic acids is 1. The Kier molecular flexibility index (Phi) is 7.41. The van der Waals surface area contributed by atoms with Gasteiger partial charge in [-0.15, -0.1) is 0 Å². The van der Waals surface area contributed by atoms with Crippen molar-refractivity contribution >= 4 is 12.0 Å². The third-order valence-corrected chi connectivity index (χ3v) is 4.04. The van der Waals surface area contributed by atoms with E-state index < -0.39 is 12.0 Å². The molecule has 0 radical (unpaired) electrons. The molecule has 0 spiro atoms. The smallest absolute Gasteiger partial charge is 0.326 e. The minimum atomic E-state index is -0.923. The molecule has 20 heavy (non-hydrogen) atoms. The number of rotatable bonds is 7. The summed E-state index contributed by atoms with van der Waals surface area (Å²) in [7, 11) is 0. The Morgan fingerprint density at radius 3 is 2.40 bits per heavy atom. The van der Waals surface area contributed by atoms with Gasteiger partial charge in [-0.1, -0.05) is 39.0 Å². The number of unbranched alkanes of at least 4 members (excludes halogenated alkanes) is 1. The molecule has 3 N–H and O–H groups in total. The molecule has 1 fully saturated rings. The monoisotopic (exact) mass is 284 g/mol. The first kappa shape index (κ1) is 16.8. The predicted molar refractivity (Wildman–Crippen MR) is 78.7 cm³/mol. The van der Waals surface area contributed by atoms with E-state index in [4.69, 9.17) is 0 Å². The summed E-state index contributed by atoms with van der Waals surface area (Å²) in [5.41, 5.74) is 0. The van der Waals surface area contributed by atoms with Crippen molar-refractivity contribution in [1.29, 1.82) is 0 Å². The topological polar surface area (TPSA) is 78.4 Å². The van der Waals surface area contributed by atoms with Gasteiger partial charge in [0.15, 0.2) is 0 Å². The maximum Gasteiger partial charge on any atom is 0.326 e. The first-order valence-corrected chi connectivity index (χ1v) is 7.84. The summed E-state index contributed by atoms with van der Waals surface area (Å²) in [5.74, 6) is -0.855. The van der Waals surface area contributed by atoms with Crippen LogP contribution in [0.5, 0.6) is 0 Å². The lowest BCUT2D eigenvalue weighted by Crippen LogP contribution is -2.51. The number of carboxylic acid groups (broad SMARTS) is 1. The summed E-state index contributed by atoms with van der Waals surface area (Å²) in [5, 5.41) is 14.8. The van der Waals surface area contributed by atoms with E-state index in [-0.39, 0.29) is 18.0 Å². The van der Waals surface area contributed by atoms with Crippen LogP contribution in [-0.4, -0.2) is 29.2 Å². The standard InChI is InChI=1S/C15H28N2O3/c1-3-4-8-11(2)16-15(20)17-13(14(18)19)12-9-6-5-7-10-12/h11-13H,3-10H2,1-2H3,(H,18,19)(H2,16,17,20). The van der Waals surface area contributed by atoms with E-state index in [1.54, 1.807) is 0 Å². The molecule has 0 heterocycles. The molecular formula is C15H28N2O3. The second-order valence-corrected chi connectivity index (χ2v) is 5.88. The van der Waals surface area contributed by atoms with Crippen molar-refractivity contribution in [3.05, 3.63) is 0 Å². The summed E-state index contributed by atoms with van der Waals surface area (Å²) in [4.78, 5) is 23.2. The van der Waals surface area contributed by atoms with Crippen LogP contribution in [0.25, 0.3) is 0 Å². The van der Waals surface area contributed by atoms with Gasteiger partial charge in [-0.2, -0.15) is 0 Å². The lowest BCUT2D eigenvalue weighted by atomic mass is 9.84. The molecule has 1 aliphatic carbocycles. The Bertz CT molecular complexity index is 314. The van der Waals surface area contributed by atoms with Crippen LogP contribution < -0.4 is 10.6 Å². The van der Waals surface area contributed by atoms with Crippen molar-refractivity contribution in [3.63, 3.8) is 0 Å². The third-order valence-electron chi connectivity index (χ3n) is 4.04. The molecule has 5 heteroatoms. The molecule has 0 saturated heterocycles. The van der Waals surface area contributed by atoms with E-state index in [0.29, 0.717) is 0 Å². The number of carbonyl (C=O) groups excluding carboxylic acids is 1. The van der Waals surface area contributed by atoms with Gasteiger partial charge in [0.2, 0.25) is 0 Å². The van der Waals surface area contributed by atoms with Gasteiger partial charge in [0.25, 0.3) is 0 Å². The van der Waals surface area contributed by atoms with Crippen molar-refractivity contribution in [1.82, 2.24) is 10.6 Å². The lowest BCUT2D eigenvalue weighted by Gasteiger charge is -2.28. The zero-order valence-corrected chi connectivity index (χ0v) is 12.7. The van der Waals surface area contributed by atoms with E-state index in [2.05, 4.69) is 17.6 Å². The normalized spacial score (nSPS) is 19.1. The molecule has 1 rings (SSSR count). The van der Waals surface area contributed by atoms with Gasteiger partial charge in [-0.3, -0.25) is 0 Å². The second-order valence-electron chi connectivity index (χ2n) is 5.88. The molecule has 1 saturated carbocycles. The molecule has 2 unspecified atom stereocenters. The number of urea groups is 1. The molecule has 0 bridgehead atoms. The Morgan fingerprint density at radius 1 is 1.20 bits per heavy atom. The van der Waals surface area contributed by atoms with Crippen molar-refractivity contribution in [3.8, 4) is 0 Å². The van der Waals surface area contributed by atoms with Crippen molar-refractivity contribution in [2.45, 2.75) is 77.3 Å². The van der Waals surface area contributed by atoms with Gasteiger partial charge in [-0.05, 0) is 32.1 Å². The number of carboxylic acids is 1. The van der Waals surface area contributed by atoms with E-state index in [0.717, 1.165) is 44.9 Å². The Balaban J connectivity index is 2.44. The zero-order chi connectivity index (χ0) is 15.0. The fraction of sp³-hybridized carbons (Fsp3) is 0.867. The zero-order valence-electron chi connectivity index (χ0n) is 12.7. The van der Waals surface area contributed by atoms with E-state index >= 15 is 0 Å². The quantitative estimate of drug-likeness (QED) is 0.672. The molecule has 1 aliphatic rings. The number of amides is 2. The third kappa shape index (κ3) is 5.80. The van der Waals surface area contributed by atoms with E-state index in [9.17, 15) is 14.7 Å². The Hall–Kier alpha value is -1.26. The molecule has 2 amide bonds. The van der Waals surface area contributed by atoms with Gasteiger partial charge in [0, 0.05) is 6.04 Å². The van der Waals surface area contributed by atoms with Crippen LogP contribution in [0.2, 0.25) is 0 Å². The van der Waals surface area contributed by atoms with Gasteiger partial charge < -0.3 is 15.7 Å². The summed E-state index contributed by atoms with van der Waals surface area (Å²) < 4.78 is 0. The predicted octanol–water partition coefficient (Wildman–Crippen LogP) is 2.90. The van der Waals surface area contributed by atoms with Crippen LogP contribution in [0.4, 0.5) is 4.79 Å². The summed E-state index contributed by atoms with van der Waals surface area (Å²) in [6.45, 7) is 4.06. The number of hydrogen-bond acceptors (Lipinski definition) is 2. The fourth-order valence-electron chi connectivity index (χ4n) is 2.84. The first-order valence-electron chi connectivity index (χ1n) is 7.84. The van der Waals surface area contributed by atoms with Gasteiger partial charge >= 0.3 is 12.0 Å². The van der Waals surface area contributed by atoms with Crippen LogP contribution in [-0.2, 0) is 4.79 Å². The van der Waals surface area contributed by atoms with Crippen LogP contribution in [0.15, 0.2) is 0 Å². The average Bonchev–Trinajstić information content (AvgIpc) is 2.43. The van der Waals surface area contributed by atoms with Crippen LogP contribution in [0.1, 0.15) is 65.2 Å². The summed E-state index contributed by atoms with van der Waals surface area (Å²) in [6, 6.07) is -1.03. The largest absolute Gasteiger partial charge is 0.480 e. The molecule has 0 aromatic rings. The minimum absolute atomic E-state index is 0.0675. The molecule has 116 valence electrons. The van der Waals surface area contributed by atoms with E-state index in [1.165, 1.54) is 6.42 Å². The highest BCUT2D eigenvalue weighted by molar-refractivity contribution is 5.82. The lowest BCUT2D eigenvalue weighted by molar-refractivity contribution is -0.141. The highest BCUT2D eigenvalue weighted by Crippen LogP contribution is 2.26. The molecule has 5 nitrogen and oxygen atoms in total. The minimum Gasteiger partial charge on any atom is -0.480 e. The van der Waals surface area contributed by atoms with E-state index in [1.807, 2.05) is 6.92 Å². The average molecular weight is 284 g/mol. The maximum absolute atomic E-state index is 11.9. The van der Waals surface area contributed by atoms with Crippen molar-refractivity contribution in [2.24, 2.45) is 5.92 Å². The number of hydrogen-bond donors (Lipinski definition) is 3. The van der Waals surface area contributed by atoms with Gasteiger partial charge in [-0.25, -0.2) is 9.59 Å². The molecule has 0 aromatic carbocycles. The Morgan fingerprint density at radius 2 is 1.85 bits per heavy atom. The molecule has 2 atom stereocenters. The Labute approximate surface area is 121 Å². The van der Waals surface area contributed by atoms with Gasteiger partial charge in [0.05, 0.1) is 0 Å². The van der Waals surface area contributed by atoms with Crippen molar-refractivity contribution < 1.29 is 14.7 Å². The second kappa shape index (κ2) is 8.82. The molecule has 0 aliphatic heterocycles.